The predicted octanol–water partition coefficient (Wildman–Crippen LogP) is 2.31. The van der Waals surface area contributed by atoms with Gasteiger partial charge in [0.1, 0.15) is 5.82 Å². The van der Waals surface area contributed by atoms with E-state index in [1.54, 1.807) is 6.07 Å². The lowest BCUT2D eigenvalue weighted by Crippen LogP contribution is -2.26. The van der Waals surface area contributed by atoms with Crippen LogP contribution >= 0.6 is 0 Å². The predicted molar refractivity (Wildman–Crippen MR) is 57.0 cm³/mol. The summed E-state index contributed by atoms with van der Waals surface area (Å²) in [6.45, 7) is 2.67. The summed E-state index contributed by atoms with van der Waals surface area (Å²) in [5.41, 5.74) is 7.99. The zero-order valence-corrected chi connectivity index (χ0v) is 8.87. The maximum Gasteiger partial charge on any atom is 0.123 e. The zero-order valence-electron chi connectivity index (χ0n) is 8.87. The van der Waals surface area contributed by atoms with Gasteiger partial charge in [-0.2, -0.15) is 0 Å². The lowest BCUT2D eigenvalue weighted by molar-refractivity contribution is 0.0898. The molecular formula is C12H16FNO. The molecule has 0 radical (unpaired) electrons. The van der Waals surface area contributed by atoms with E-state index in [-0.39, 0.29) is 18.0 Å². The van der Waals surface area contributed by atoms with Gasteiger partial charge in [0.05, 0.1) is 12.1 Å². The van der Waals surface area contributed by atoms with Crippen LogP contribution < -0.4 is 5.73 Å². The van der Waals surface area contributed by atoms with Gasteiger partial charge in [0.25, 0.3) is 0 Å². The van der Waals surface area contributed by atoms with Crippen molar-refractivity contribution >= 4 is 0 Å². The van der Waals surface area contributed by atoms with E-state index in [0.29, 0.717) is 0 Å². The van der Waals surface area contributed by atoms with E-state index in [4.69, 9.17) is 10.5 Å². The van der Waals surface area contributed by atoms with Gasteiger partial charge >= 0.3 is 0 Å². The van der Waals surface area contributed by atoms with Crippen LogP contribution in [0.25, 0.3) is 0 Å². The summed E-state index contributed by atoms with van der Waals surface area (Å²) in [6.07, 6.45) is 2.16. The molecule has 0 amide bonds. The monoisotopic (exact) mass is 209 g/mol. The number of benzene rings is 1. The molecule has 1 aliphatic rings. The molecule has 0 spiro atoms. The topological polar surface area (TPSA) is 35.2 Å². The molecule has 1 aliphatic heterocycles. The average Bonchev–Trinajstić information content (AvgIpc) is 2.69. The molecule has 0 aromatic heterocycles. The Kier molecular flexibility index (Phi) is 3.03. The Morgan fingerprint density at radius 3 is 2.93 bits per heavy atom. The molecule has 2 atom stereocenters. The molecule has 1 aromatic rings. The van der Waals surface area contributed by atoms with Gasteiger partial charge in [-0.3, -0.25) is 0 Å². The van der Waals surface area contributed by atoms with Crippen molar-refractivity contribution in [2.24, 2.45) is 5.73 Å². The first-order valence-corrected chi connectivity index (χ1v) is 5.31. The smallest absolute Gasteiger partial charge is 0.123 e. The fourth-order valence-corrected chi connectivity index (χ4v) is 2.10. The second-order valence-corrected chi connectivity index (χ2v) is 4.08. The van der Waals surface area contributed by atoms with Crippen molar-refractivity contribution in [3.8, 4) is 0 Å². The van der Waals surface area contributed by atoms with Gasteiger partial charge in [-0.05, 0) is 43.0 Å². The molecule has 2 N–H and O–H groups in total. The van der Waals surface area contributed by atoms with Crippen LogP contribution in [0, 0.1) is 12.7 Å². The molecule has 1 heterocycles. The summed E-state index contributed by atoms with van der Waals surface area (Å²) in [4.78, 5) is 0. The van der Waals surface area contributed by atoms with E-state index < -0.39 is 0 Å². The van der Waals surface area contributed by atoms with E-state index in [9.17, 15) is 4.39 Å². The minimum absolute atomic E-state index is 0.0918. The van der Waals surface area contributed by atoms with Crippen molar-refractivity contribution in [2.45, 2.75) is 31.9 Å². The van der Waals surface area contributed by atoms with E-state index in [0.717, 1.165) is 30.6 Å². The fraction of sp³-hybridized carbons (Fsp3) is 0.500. The molecule has 0 saturated carbocycles. The van der Waals surface area contributed by atoms with Crippen molar-refractivity contribution in [2.75, 3.05) is 6.61 Å². The third kappa shape index (κ3) is 2.19. The third-order valence-electron chi connectivity index (χ3n) is 2.96. The van der Waals surface area contributed by atoms with Crippen LogP contribution in [0.5, 0.6) is 0 Å². The zero-order chi connectivity index (χ0) is 10.8. The Hall–Kier alpha value is -0.930. The Bertz CT molecular complexity index is 347. The number of halogens is 1. The Labute approximate surface area is 89.2 Å². The van der Waals surface area contributed by atoms with Crippen LogP contribution in [-0.4, -0.2) is 12.7 Å². The summed E-state index contributed by atoms with van der Waals surface area (Å²) in [5, 5.41) is 0. The number of rotatable bonds is 2. The standard InChI is InChI=1S/C12H16FNO/c1-8-7-9(13)4-5-10(8)12(14)11-3-2-6-15-11/h4-5,7,11-12H,2-3,6,14H2,1H3. The number of ether oxygens (including phenoxy) is 1. The van der Waals surface area contributed by atoms with Crippen molar-refractivity contribution in [1.29, 1.82) is 0 Å². The Morgan fingerprint density at radius 2 is 2.33 bits per heavy atom. The van der Waals surface area contributed by atoms with Gasteiger partial charge in [-0.25, -0.2) is 4.39 Å². The number of nitrogens with two attached hydrogens (primary N) is 1. The van der Waals surface area contributed by atoms with Gasteiger partial charge in [-0.1, -0.05) is 6.07 Å². The minimum Gasteiger partial charge on any atom is -0.376 e. The molecule has 82 valence electrons. The maximum absolute atomic E-state index is 12.9. The summed E-state index contributed by atoms with van der Waals surface area (Å²) < 4.78 is 18.5. The van der Waals surface area contributed by atoms with Gasteiger partial charge < -0.3 is 10.5 Å². The second kappa shape index (κ2) is 4.29. The molecule has 1 fully saturated rings. The largest absolute Gasteiger partial charge is 0.376 e. The van der Waals surface area contributed by atoms with Crippen molar-refractivity contribution in [3.63, 3.8) is 0 Å². The molecule has 15 heavy (non-hydrogen) atoms. The highest BCUT2D eigenvalue weighted by Crippen LogP contribution is 2.27. The van der Waals surface area contributed by atoms with Crippen molar-refractivity contribution in [3.05, 3.63) is 35.1 Å². The van der Waals surface area contributed by atoms with Gasteiger partial charge in [0.2, 0.25) is 0 Å². The average molecular weight is 209 g/mol. The number of hydrogen-bond acceptors (Lipinski definition) is 2. The summed E-state index contributed by atoms with van der Waals surface area (Å²) in [7, 11) is 0. The summed E-state index contributed by atoms with van der Waals surface area (Å²) in [5.74, 6) is -0.212. The lowest BCUT2D eigenvalue weighted by Gasteiger charge is -2.20. The first-order valence-electron chi connectivity index (χ1n) is 5.31. The quantitative estimate of drug-likeness (QED) is 0.811. The van der Waals surface area contributed by atoms with Crippen LogP contribution in [0.1, 0.15) is 30.0 Å². The highest BCUT2D eigenvalue weighted by molar-refractivity contribution is 5.30. The highest BCUT2D eigenvalue weighted by Gasteiger charge is 2.25. The van der Waals surface area contributed by atoms with Gasteiger partial charge in [0, 0.05) is 6.61 Å². The highest BCUT2D eigenvalue weighted by atomic mass is 19.1. The molecule has 2 nitrogen and oxygen atoms in total. The molecule has 1 saturated heterocycles. The first-order chi connectivity index (χ1) is 7.18. The van der Waals surface area contributed by atoms with Crippen molar-refractivity contribution in [1.82, 2.24) is 0 Å². The van der Waals surface area contributed by atoms with Crippen LogP contribution in [0.4, 0.5) is 4.39 Å². The van der Waals surface area contributed by atoms with Crippen LogP contribution in [0.3, 0.4) is 0 Å². The first kappa shape index (κ1) is 10.6. The van der Waals surface area contributed by atoms with E-state index >= 15 is 0 Å². The molecule has 3 heteroatoms. The Morgan fingerprint density at radius 1 is 1.53 bits per heavy atom. The SMILES string of the molecule is Cc1cc(F)ccc1C(N)C1CCCO1. The molecule has 0 bridgehead atoms. The van der Waals surface area contributed by atoms with Crippen LogP contribution in [-0.2, 0) is 4.74 Å². The second-order valence-electron chi connectivity index (χ2n) is 4.08. The Balaban J connectivity index is 2.20. The molecule has 2 unspecified atom stereocenters. The minimum atomic E-state index is -0.212. The van der Waals surface area contributed by atoms with Crippen LogP contribution in [0.2, 0.25) is 0 Å². The van der Waals surface area contributed by atoms with Crippen LogP contribution in [0.15, 0.2) is 18.2 Å². The third-order valence-corrected chi connectivity index (χ3v) is 2.96. The number of aryl methyl sites for hydroxylation is 1. The molecule has 0 aliphatic carbocycles. The van der Waals surface area contributed by atoms with E-state index in [1.807, 2.05) is 6.92 Å². The molecular weight excluding hydrogens is 193 g/mol. The van der Waals surface area contributed by atoms with E-state index in [1.165, 1.54) is 12.1 Å². The van der Waals surface area contributed by atoms with E-state index in [2.05, 4.69) is 0 Å². The van der Waals surface area contributed by atoms with Crippen molar-refractivity contribution < 1.29 is 9.13 Å². The summed E-state index contributed by atoms with van der Waals surface area (Å²) >= 11 is 0. The molecule has 2 rings (SSSR count). The number of hydrogen-bond donors (Lipinski definition) is 1. The lowest BCUT2D eigenvalue weighted by atomic mass is 9.96. The van der Waals surface area contributed by atoms with Gasteiger partial charge in [-0.15, -0.1) is 0 Å². The normalized spacial score (nSPS) is 23.0. The maximum atomic E-state index is 12.9. The summed E-state index contributed by atoms with van der Waals surface area (Å²) in [6, 6.07) is 4.60. The fourth-order valence-electron chi connectivity index (χ4n) is 2.10. The van der Waals surface area contributed by atoms with Gasteiger partial charge in [0.15, 0.2) is 0 Å². The molecule has 1 aromatic carbocycles.